The van der Waals surface area contributed by atoms with Gasteiger partial charge in [0.2, 0.25) is 5.88 Å². The van der Waals surface area contributed by atoms with Crippen LogP contribution in [0.1, 0.15) is 13.8 Å². The molecule has 84 valence electrons. The van der Waals surface area contributed by atoms with Crippen LogP contribution in [0.25, 0.3) is 0 Å². The number of aliphatic hydroxyl groups excluding tert-OH is 1. The summed E-state index contributed by atoms with van der Waals surface area (Å²) in [5.41, 5.74) is 6.14. The maximum atomic E-state index is 8.66. The summed E-state index contributed by atoms with van der Waals surface area (Å²) in [6.07, 6.45) is 1.38. The van der Waals surface area contributed by atoms with Crippen LogP contribution in [0.15, 0.2) is 6.33 Å². The Balaban J connectivity index is 2.80. The van der Waals surface area contributed by atoms with E-state index >= 15 is 0 Å². The summed E-state index contributed by atoms with van der Waals surface area (Å²) in [5, 5.41) is 11.5. The van der Waals surface area contributed by atoms with E-state index in [-0.39, 0.29) is 12.7 Å². The van der Waals surface area contributed by atoms with Crippen molar-refractivity contribution in [3.63, 3.8) is 0 Å². The number of nitrogen functional groups attached to an aromatic ring is 1. The Hall–Kier alpha value is -1.56. The van der Waals surface area contributed by atoms with Crippen LogP contribution < -0.4 is 15.8 Å². The molecule has 0 aliphatic heterocycles. The lowest BCUT2D eigenvalue weighted by molar-refractivity contribution is 0.234. The zero-order valence-corrected chi connectivity index (χ0v) is 8.90. The third-order valence-electron chi connectivity index (χ3n) is 1.60. The summed E-state index contributed by atoms with van der Waals surface area (Å²) >= 11 is 0. The number of nitrogens with two attached hydrogens (primary N) is 1. The van der Waals surface area contributed by atoms with Crippen molar-refractivity contribution in [2.75, 3.05) is 24.2 Å². The Kier molecular flexibility index (Phi) is 4.11. The Bertz CT molecular complexity index is 317. The number of aromatic nitrogens is 2. The number of anilines is 2. The van der Waals surface area contributed by atoms with Gasteiger partial charge in [0.05, 0.1) is 12.7 Å². The molecule has 6 heteroatoms. The molecule has 0 atom stereocenters. The van der Waals surface area contributed by atoms with E-state index in [1.54, 1.807) is 0 Å². The molecule has 4 N–H and O–H groups in total. The number of nitrogens with one attached hydrogen (secondary N) is 1. The van der Waals surface area contributed by atoms with Gasteiger partial charge >= 0.3 is 0 Å². The predicted octanol–water partition coefficient (Wildman–Crippen LogP) is 0.250. The molecule has 0 saturated carbocycles. The van der Waals surface area contributed by atoms with Gasteiger partial charge in [-0.25, -0.2) is 4.98 Å². The fourth-order valence-corrected chi connectivity index (χ4v) is 1.01. The van der Waals surface area contributed by atoms with Crippen molar-refractivity contribution in [1.82, 2.24) is 9.97 Å². The van der Waals surface area contributed by atoms with Gasteiger partial charge in [-0.15, -0.1) is 0 Å². The summed E-state index contributed by atoms with van der Waals surface area (Å²) in [5.74, 6) is 0.843. The van der Waals surface area contributed by atoms with Gasteiger partial charge in [0.1, 0.15) is 12.0 Å². The van der Waals surface area contributed by atoms with Crippen molar-refractivity contribution in [2.45, 2.75) is 20.0 Å². The summed E-state index contributed by atoms with van der Waals surface area (Å²) in [6, 6.07) is 0. The quantitative estimate of drug-likeness (QED) is 0.647. The third-order valence-corrected chi connectivity index (χ3v) is 1.60. The molecule has 1 heterocycles. The van der Waals surface area contributed by atoms with Crippen LogP contribution in [-0.2, 0) is 0 Å². The standard InChI is InChI=1S/C9H16N4O2/c1-6(2)15-9-7(10)8(11-3-4-14)12-5-13-9/h5-6,14H,3-4,10H2,1-2H3,(H,11,12,13). The fraction of sp³-hybridized carbons (Fsp3) is 0.556. The Morgan fingerprint density at radius 1 is 1.53 bits per heavy atom. The molecular formula is C9H16N4O2. The molecule has 0 unspecified atom stereocenters. The molecule has 0 bridgehead atoms. The van der Waals surface area contributed by atoms with Crippen molar-refractivity contribution in [3.05, 3.63) is 6.33 Å². The van der Waals surface area contributed by atoms with Gasteiger partial charge < -0.3 is 20.9 Å². The van der Waals surface area contributed by atoms with E-state index < -0.39 is 0 Å². The number of aliphatic hydroxyl groups is 1. The van der Waals surface area contributed by atoms with Crippen LogP contribution in [0, 0.1) is 0 Å². The van der Waals surface area contributed by atoms with E-state index in [2.05, 4.69) is 15.3 Å². The molecule has 0 saturated heterocycles. The summed E-state index contributed by atoms with van der Waals surface area (Å²) < 4.78 is 5.39. The normalized spacial score (nSPS) is 10.4. The van der Waals surface area contributed by atoms with Gasteiger partial charge in [-0.05, 0) is 13.8 Å². The van der Waals surface area contributed by atoms with Crippen molar-refractivity contribution in [1.29, 1.82) is 0 Å². The number of rotatable bonds is 5. The van der Waals surface area contributed by atoms with Crippen LogP contribution in [0.2, 0.25) is 0 Å². The van der Waals surface area contributed by atoms with Crippen LogP contribution in [0.3, 0.4) is 0 Å². The van der Waals surface area contributed by atoms with Gasteiger partial charge in [-0.2, -0.15) is 4.98 Å². The first kappa shape index (κ1) is 11.5. The number of hydrogen-bond donors (Lipinski definition) is 3. The molecule has 0 aliphatic carbocycles. The summed E-state index contributed by atoms with van der Waals surface area (Å²) in [6.45, 7) is 4.19. The van der Waals surface area contributed by atoms with E-state index in [4.69, 9.17) is 15.6 Å². The lowest BCUT2D eigenvalue weighted by atomic mass is 10.4. The number of hydrogen-bond acceptors (Lipinski definition) is 6. The van der Waals surface area contributed by atoms with Crippen LogP contribution in [0.4, 0.5) is 11.5 Å². The number of nitrogens with zero attached hydrogens (tertiary/aromatic N) is 2. The first-order valence-electron chi connectivity index (χ1n) is 4.77. The predicted molar refractivity (Wildman–Crippen MR) is 57.8 cm³/mol. The zero-order valence-electron chi connectivity index (χ0n) is 8.90. The highest BCUT2D eigenvalue weighted by Gasteiger charge is 2.09. The zero-order chi connectivity index (χ0) is 11.3. The van der Waals surface area contributed by atoms with E-state index in [0.29, 0.717) is 23.9 Å². The molecule has 1 aromatic rings. The van der Waals surface area contributed by atoms with E-state index in [9.17, 15) is 0 Å². The highest BCUT2D eigenvalue weighted by Crippen LogP contribution is 2.24. The monoisotopic (exact) mass is 212 g/mol. The topological polar surface area (TPSA) is 93.3 Å². The lowest BCUT2D eigenvalue weighted by Crippen LogP contribution is -2.13. The van der Waals surface area contributed by atoms with Crippen molar-refractivity contribution in [2.24, 2.45) is 0 Å². The molecular weight excluding hydrogens is 196 g/mol. The van der Waals surface area contributed by atoms with Gasteiger partial charge in [0, 0.05) is 6.54 Å². The molecule has 0 amide bonds. The molecule has 6 nitrogen and oxygen atoms in total. The van der Waals surface area contributed by atoms with Gasteiger partial charge in [-0.1, -0.05) is 0 Å². The van der Waals surface area contributed by atoms with E-state index in [1.165, 1.54) is 6.33 Å². The first-order valence-corrected chi connectivity index (χ1v) is 4.77. The second kappa shape index (κ2) is 5.35. The molecule has 15 heavy (non-hydrogen) atoms. The highest BCUT2D eigenvalue weighted by molar-refractivity contribution is 5.66. The summed E-state index contributed by atoms with van der Waals surface area (Å²) in [4.78, 5) is 7.87. The van der Waals surface area contributed by atoms with Crippen LogP contribution in [-0.4, -0.2) is 34.3 Å². The minimum Gasteiger partial charge on any atom is -0.473 e. The highest BCUT2D eigenvalue weighted by atomic mass is 16.5. The SMILES string of the molecule is CC(C)Oc1ncnc(NCCO)c1N. The Labute approximate surface area is 88.5 Å². The van der Waals surface area contributed by atoms with Gasteiger partial charge in [-0.3, -0.25) is 0 Å². The van der Waals surface area contributed by atoms with Crippen LogP contribution >= 0.6 is 0 Å². The van der Waals surface area contributed by atoms with Crippen molar-refractivity contribution < 1.29 is 9.84 Å². The van der Waals surface area contributed by atoms with Crippen molar-refractivity contribution in [3.8, 4) is 5.88 Å². The fourth-order valence-electron chi connectivity index (χ4n) is 1.01. The smallest absolute Gasteiger partial charge is 0.242 e. The van der Waals surface area contributed by atoms with Crippen molar-refractivity contribution >= 4 is 11.5 Å². The largest absolute Gasteiger partial charge is 0.473 e. The van der Waals surface area contributed by atoms with Crippen LogP contribution in [0.5, 0.6) is 5.88 Å². The Morgan fingerprint density at radius 3 is 2.87 bits per heavy atom. The molecule has 0 fully saturated rings. The molecule has 1 rings (SSSR count). The number of ether oxygens (including phenoxy) is 1. The van der Waals surface area contributed by atoms with Gasteiger partial charge in [0.15, 0.2) is 5.82 Å². The molecule has 0 aromatic carbocycles. The lowest BCUT2D eigenvalue weighted by Gasteiger charge is -2.13. The second-order valence-electron chi connectivity index (χ2n) is 3.26. The average Bonchev–Trinajstić information content (AvgIpc) is 2.19. The van der Waals surface area contributed by atoms with E-state index in [0.717, 1.165) is 0 Å². The minimum absolute atomic E-state index is 0.00731. The van der Waals surface area contributed by atoms with Gasteiger partial charge in [0.25, 0.3) is 0 Å². The minimum atomic E-state index is 0.00731. The Morgan fingerprint density at radius 2 is 2.27 bits per heavy atom. The maximum Gasteiger partial charge on any atom is 0.242 e. The first-order chi connectivity index (χ1) is 7.15. The maximum absolute atomic E-state index is 8.66. The molecule has 1 aromatic heterocycles. The average molecular weight is 212 g/mol. The third kappa shape index (κ3) is 3.25. The van der Waals surface area contributed by atoms with E-state index in [1.807, 2.05) is 13.8 Å². The summed E-state index contributed by atoms with van der Waals surface area (Å²) in [7, 11) is 0. The molecule has 0 spiro atoms. The second-order valence-corrected chi connectivity index (χ2v) is 3.26. The molecule has 0 aliphatic rings. The molecule has 0 radical (unpaired) electrons.